The molecule has 0 aliphatic carbocycles. The first-order valence-corrected chi connectivity index (χ1v) is 10.9. The Hall–Kier alpha value is -3.23. The first-order valence-electron chi connectivity index (χ1n) is 9.19. The molecule has 0 spiro atoms. The fourth-order valence-electron chi connectivity index (χ4n) is 2.76. The molecule has 2 N–H and O–H groups in total. The van der Waals surface area contributed by atoms with E-state index in [-0.39, 0.29) is 12.5 Å². The van der Waals surface area contributed by atoms with Crippen LogP contribution in [0.1, 0.15) is 5.56 Å². The largest absolute Gasteiger partial charge is 0.376 e. The number of nitrogens with zero attached hydrogens (tertiary/aromatic N) is 3. The van der Waals surface area contributed by atoms with Crippen LogP contribution in [0.4, 0.5) is 5.69 Å². The van der Waals surface area contributed by atoms with Gasteiger partial charge >= 0.3 is 0 Å². The van der Waals surface area contributed by atoms with Crippen LogP contribution >= 0.6 is 27.3 Å². The van der Waals surface area contributed by atoms with Gasteiger partial charge in [-0.3, -0.25) is 4.79 Å². The standard InChI is InChI=1S/C22H18BrN5OS/c23-17-8-10-18(11-9-17)24-14-21(29)26-25-13-16-15-28(19-5-2-1-3-6-19)27-22(16)20-7-4-12-30-20/h1-13,15,24H,14H2,(H,26,29)/b25-13+. The Morgan fingerprint density at radius 1 is 1.10 bits per heavy atom. The molecular formula is C22H18BrN5OS. The number of thiophene rings is 1. The predicted molar refractivity (Wildman–Crippen MR) is 125 cm³/mol. The van der Waals surface area contributed by atoms with Crippen LogP contribution in [-0.4, -0.2) is 28.4 Å². The number of carbonyl (C=O) groups is 1. The number of carbonyl (C=O) groups excluding carboxylic acids is 1. The fourth-order valence-corrected chi connectivity index (χ4v) is 3.76. The van der Waals surface area contributed by atoms with Crippen LogP contribution in [0.5, 0.6) is 0 Å². The van der Waals surface area contributed by atoms with Gasteiger partial charge in [0.15, 0.2) is 0 Å². The van der Waals surface area contributed by atoms with E-state index in [1.807, 2.05) is 83.0 Å². The molecule has 0 atom stereocenters. The van der Waals surface area contributed by atoms with Crippen molar-refractivity contribution in [2.45, 2.75) is 0 Å². The predicted octanol–water partition coefficient (Wildman–Crippen LogP) is 4.93. The summed E-state index contributed by atoms with van der Waals surface area (Å²) in [5, 5.41) is 13.9. The number of hydrazone groups is 1. The summed E-state index contributed by atoms with van der Waals surface area (Å²) >= 11 is 4.99. The average Bonchev–Trinajstić information content (AvgIpc) is 3.44. The molecule has 30 heavy (non-hydrogen) atoms. The molecule has 1 amide bonds. The number of rotatable bonds is 7. The molecule has 4 aromatic rings. The number of halogens is 1. The lowest BCUT2D eigenvalue weighted by Crippen LogP contribution is -2.25. The summed E-state index contributed by atoms with van der Waals surface area (Å²) in [6.45, 7) is 0.125. The third-order valence-corrected chi connectivity index (χ3v) is 5.61. The SMILES string of the molecule is O=C(CNc1ccc(Br)cc1)N/N=C/c1cn(-c2ccccc2)nc1-c1cccs1. The van der Waals surface area contributed by atoms with Crippen molar-refractivity contribution in [1.82, 2.24) is 15.2 Å². The van der Waals surface area contributed by atoms with Crippen LogP contribution in [0.2, 0.25) is 0 Å². The minimum atomic E-state index is -0.234. The Balaban J connectivity index is 1.45. The molecule has 0 fully saturated rings. The Morgan fingerprint density at radius 2 is 1.90 bits per heavy atom. The fraction of sp³-hybridized carbons (Fsp3) is 0.0455. The topological polar surface area (TPSA) is 71.3 Å². The van der Waals surface area contributed by atoms with Gasteiger partial charge in [-0.25, -0.2) is 10.1 Å². The van der Waals surface area contributed by atoms with Gasteiger partial charge in [0.1, 0.15) is 5.69 Å². The summed E-state index contributed by atoms with van der Waals surface area (Å²) in [6, 6.07) is 21.5. The maximum Gasteiger partial charge on any atom is 0.259 e. The maximum absolute atomic E-state index is 12.1. The lowest BCUT2D eigenvalue weighted by molar-refractivity contribution is -0.119. The van der Waals surface area contributed by atoms with Gasteiger partial charge in [-0.1, -0.05) is 40.2 Å². The molecule has 0 unspecified atom stereocenters. The van der Waals surface area contributed by atoms with Gasteiger partial charge in [0.05, 0.1) is 23.3 Å². The van der Waals surface area contributed by atoms with Crippen LogP contribution in [0.3, 0.4) is 0 Å². The number of benzene rings is 2. The summed E-state index contributed by atoms with van der Waals surface area (Å²) in [5.74, 6) is -0.234. The normalized spacial score (nSPS) is 11.0. The molecular weight excluding hydrogens is 462 g/mol. The minimum Gasteiger partial charge on any atom is -0.376 e. The summed E-state index contributed by atoms with van der Waals surface area (Å²) in [7, 11) is 0. The first-order chi connectivity index (χ1) is 14.7. The number of nitrogens with one attached hydrogen (secondary N) is 2. The molecule has 2 heterocycles. The second-order valence-electron chi connectivity index (χ2n) is 6.34. The minimum absolute atomic E-state index is 0.125. The van der Waals surface area contributed by atoms with E-state index in [1.165, 1.54) is 0 Å². The molecule has 8 heteroatoms. The van der Waals surface area contributed by atoms with Crippen molar-refractivity contribution in [3.63, 3.8) is 0 Å². The number of aromatic nitrogens is 2. The Kier molecular flexibility index (Phi) is 6.36. The van der Waals surface area contributed by atoms with E-state index in [1.54, 1.807) is 17.6 Å². The molecule has 0 bridgehead atoms. The molecule has 2 aromatic heterocycles. The summed E-state index contributed by atoms with van der Waals surface area (Å²) in [4.78, 5) is 13.1. The van der Waals surface area contributed by atoms with E-state index in [0.717, 1.165) is 32.0 Å². The second kappa shape index (κ2) is 9.51. The van der Waals surface area contributed by atoms with Gasteiger partial charge in [0, 0.05) is 21.9 Å². The van der Waals surface area contributed by atoms with E-state index >= 15 is 0 Å². The monoisotopic (exact) mass is 479 g/mol. The number of amides is 1. The second-order valence-corrected chi connectivity index (χ2v) is 8.21. The third-order valence-electron chi connectivity index (χ3n) is 4.21. The van der Waals surface area contributed by atoms with Crippen molar-refractivity contribution in [2.75, 3.05) is 11.9 Å². The van der Waals surface area contributed by atoms with Gasteiger partial charge in [0.25, 0.3) is 5.91 Å². The summed E-state index contributed by atoms with van der Waals surface area (Å²) in [6.07, 6.45) is 3.53. The van der Waals surface area contributed by atoms with Crippen molar-refractivity contribution in [1.29, 1.82) is 0 Å². The van der Waals surface area contributed by atoms with Crippen molar-refractivity contribution < 1.29 is 4.79 Å². The molecule has 0 saturated carbocycles. The number of hydrogen-bond donors (Lipinski definition) is 2. The quantitative estimate of drug-likeness (QED) is 0.291. The van der Waals surface area contributed by atoms with Crippen molar-refractivity contribution >= 4 is 45.1 Å². The van der Waals surface area contributed by atoms with Crippen LogP contribution in [0.15, 0.2) is 87.9 Å². The Morgan fingerprint density at radius 3 is 2.63 bits per heavy atom. The highest BCUT2D eigenvalue weighted by atomic mass is 79.9. The van der Waals surface area contributed by atoms with Crippen molar-refractivity contribution in [3.8, 4) is 16.3 Å². The highest BCUT2D eigenvalue weighted by Crippen LogP contribution is 2.26. The maximum atomic E-state index is 12.1. The molecule has 0 saturated heterocycles. The number of para-hydroxylation sites is 1. The smallest absolute Gasteiger partial charge is 0.259 e. The van der Waals surface area contributed by atoms with Gasteiger partial charge in [0.2, 0.25) is 0 Å². The molecule has 0 aliphatic heterocycles. The van der Waals surface area contributed by atoms with Gasteiger partial charge in [-0.15, -0.1) is 11.3 Å². The van der Waals surface area contributed by atoms with Crippen LogP contribution in [0, 0.1) is 0 Å². The number of hydrogen-bond acceptors (Lipinski definition) is 5. The van der Waals surface area contributed by atoms with Crippen LogP contribution < -0.4 is 10.7 Å². The molecule has 2 aromatic carbocycles. The van der Waals surface area contributed by atoms with E-state index in [9.17, 15) is 4.79 Å². The molecule has 4 rings (SSSR count). The molecule has 0 aliphatic rings. The molecule has 6 nitrogen and oxygen atoms in total. The zero-order chi connectivity index (χ0) is 20.8. The van der Waals surface area contributed by atoms with Crippen LogP contribution in [-0.2, 0) is 4.79 Å². The zero-order valence-electron chi connectivity index (χ0n) is 15.8. The highest BCUT2D eigenvalue weighted by Gasteiger charge is 2.12. The molecule has 150 valence electrons. The number of anilines is 1. The zero-order valence-corrected chi connectivity index (χ0v) is 18.2. The van der Waals surface area contributed by atoms with Crippen molar-refractivity contribution in [3.05, 3.63) is 88.3 Å². The van der Waals surface area contributed by atoms with E-state index in [4.69, 9.17) is 5.10 Å². The van der Waals surface area contributed by atoms with Gasteiger partial charge < -0.3 is 5.32 Å². The van der Waals surface area contributed by atoms with Crippen molar-refractivity contribution in [2.24, 2.45) is 5.10 Å². The van der Waals surface area contributed by atoms with E-state index < -0.39 is 0 Å². The highest BCUT2D eigenvalue weighted by molar-refractivity contribution is 9.10. The van der Waals surface area contributed by atoms with E-state index in [2.05, 4.69) is 31.8 Å². The van der Waals surface area contributed by atoms with E-state index in [0.29, 0.717) is 0 Å². The lowest BCUT2D eigenvalue weighted by atomic mass is 10.2. The third kappa shape index (κ3) is 5.03. The average molecular weight is 480 g/mol. The summed E-state index contributed by atoms with van der Waals surface area (Å²) in [5.41, 5.74) is 6.02. The van der Waals surface area contributed by atoms with Gasteiger partial charge in [-0.05, 0) is 47.8 Å². The van der Waals surface area contributed by atoms with Crippen LogP contribution in [0.25, 0.3) is 16.3 Å². The lowest BCUT2D eigenvalue weighted by Gasteiger charge is -2.05. The summed E-state index contributed by atoms with van der Waals surface area (Å²) < 4.78 is 2.80. The molecule has 0 radical (unpaired) electrons. The van der Waals surface area contributed by atoms with Gasteiger partial charge in [-0.2, -0.15) is 10.2 Å². The Labute approximate surface area is 186 Å². The Bertz CT molecular complexity index is 1140. The first kappa shape index (κ1) is 20.1.